The van der Waals surface area contributed by atoms with Gasteiger partial charge < -0.3 is 14.6 Å². The van der Waals surface area contributed by atoms with Gasteiger partial charge in [0.05, 0.1) is 6.61 Å². The van der Waals surface area contributed by atoms with Crippen LogP contribution in [0, 0.1) is 11.9 Å². The van der Waals surface area contributed by atoms with Gasteiger partial charge in [0.15, 0.2) is 5.82 Å². The number of hydrogen-bond donors (Lipinski definition) is 1. The smallest absolute Gasteiger partial charge is 0.341 e. The van der Waals surface area contributed by atoms with Crippen molar-refractivity contribution >= 4 is 17.7 Å². The normalized spacial score (nSPS) is 13.4. The van der Waals surface area contributed by atoms with Crippen molar-refractivity contribution in [1.82, 2.24) is 19.9 Å². The summed E-state index contributed by atoms with van der Waals surface area (Å²) in [5.74, 6) is -1.98. The zero-order chi connectivity index (χ0) is 18.8. The first-order valence-corrected chi connectivity index (χ1v) is 8.22. The molecule has 138 valence electrons. The Balaban J connectivity index is 1.62. The number of nitrogens with zero attached hydrogens (tertiary/aromatic N) is 4. The van der Waals surface area contributed by atoms with Crippen molar-refractivity contribution in [3.63, 3.8) is 0 Å². The first-order valence-electron chi connectivity index (χ1n) is 8.22. The number of hydrogen-bond acceptors (Lipinski definition) is 7. The lowest BCUT2D eigenvalue weighted by Gasteiger charge is -2.11. The molecule has 0 saturated heterocycles. The molecule has 3 aromatic rings. The molecule has 27 heavy (non-hydrogen) atoms. The van der Waals surface area contributed by atoms with Gasteiger partial charge in [-0.1, -0.05) is 0 Å². The SMILES string of the molecule is O=C(Nc1nc(-n2cccn2)ccc1C(=O)OCC1CC1)c1cc(F)no1. The molecule has 1 fully saturated rings. The molecule has 1 aliphatic rings. The molecule has 3 heterocycles. The van der Waals surface area contributed by atoms with Crippen LogP contribution in [0.15, 0.2) is 41.2 Å². The highest BCUT2D eigenvalue weighted by atomic mass is 19.1. The molecular weight excluding hydrogens is 357 g/mol. The summed E-state index contributed by atoms with van der Waals surface area (Å²) in [5.41, 5.74) is 0.0693. The van der Waals surface area contributed by atoms with Gasteiger partial charge in [0, 0.05) is 18.5 Å². The molecule has 3 aromatic heterocycles. The largest absolute Gasteiger partial charge is 0.462 e. The lowest BCUT2D eigenvalue weighted by molar-refractivity contribution is 0.0487. The molecular formula is C17H14FN5O4. The van der Waals surface area contributed by atoms with Crippen molar-refractivity contribution in [2.45, 2.75) is 12.8 Å². The van der Waals surface area contributed by atoms with E-state index < -0.39 is 17.8 Å². The Morgan fingerprint density at radius 1 is 1.37 bits per heavy atom. The van der Waals surface area contributed by atoms with Crippen LogP contribution in [0.25, 0.3) is 5.82 Å². The molecule has 0 spiro atoms. The van der Waals surface area contributed by atoms with E-state index in [1.165, 1.54) is 10.7 Å². The molecule has 0 aliphatic heterocycles. The summed E-state index contributed by atoms with van der Waals surface area (Å²) < 4.78 is 24.3. The van der Waals surface area contributed by atoms with Crippen LogP contribution >= 0.6 is 0 Å². The molecule has 0 unspecified atom stereocenters. The summed E-state index contributed by atoms with van der Waals surface area (Å²) in [7, 11) is 0. The van der Waals surface area contributed by atoms with Gasteiger partial charge in [-0.25, -0.2) is 14.5 Å². The molecule has 0 bridgehead atoms. The van der Waals surface area contributed by atoms with Crippen LogP contribution in [0.3, 0.4) is 0 Å². The average Bonchev–Trinajstić information content (AvgIpc) is 3.14. The molecule has 0 atom stereocenters. The number of pyridine rings is 1. The number of anilines is 1. The summed E-state index contributed by atoms with van der Waals surface area (Å²) in [5, 5.41) is 9.51. The Bertz CT molecular complexity index is 981. The van der Waals surface area contributed by atoms with Gasteiger partial charge in [-0.15, -0.1) is 0 Å². The Morgan fingerprint density at radius 2 is 2.22 bits per heavy atom. The highest BCUT2D eigenvalue weighted by Gasteiger charge is 2.25. The molecule has 1 saturated carbocycles. The quantitative estimate of drug-likeness (QED) is 0.661. The van der Waals surface area contributed by atoms with E-state index in [0.29, 0.717) is 18.3 Å². The van der Waals surface area contributed by atoms with Crippen molar-refractivity contribution in [2.24, 2.45) is 5.92 Å². The number of halogens is 1. The number of carbonyl (C=O) groups is 2. The standard InChI is InChI=1S/C17H14FN5O4/c18-13-8-12(27-22-13)16(24)21-15-11(17(25)26-9-10-2-3-10)4-5-14(20-15)23-7-1-6-19-23/h1,4-8,10H,2-3,9H2,(H,20,21,24). The topological polar surface area (TPSA) is 112 Å². The molecule has 1 aliphatic carbocycles. The molecule has 1 amide bonds. The van der Waals surface area contributed by atoms with Gasteiger partial charge in [-0.2, -0.15) is 9.49 Å². The Hall–Kier alpha value is -3.56. The van der Waals surface area contributed by atoms with E-state index in [1.807, 2.05) is 0 Å². The second-order valence-electron chi connectivity index (χ2n) is 6.03. The van der Waals surface area contributed by atoms with Crippen LogP contribution in [0.1, 0.15) is 33.8 Å². The van der Waals surface area contributed by atoms with Gasteiger partial charge in [0.2, 0.25) is 5.76 Å². The summed E-state index contributed by atoms with van der Waals surface area (Å²) in [6.45, 7) is 0.320. The first kappa shape index (κ1) is 16.9. The van der Waals surface area contributed by atoms with Crippen molar-refractivity contribution in [3.05, 3.63) is 53.9 Å². The molecule has 1 N–H and O–H groups in total. The number of rotatable bonds is 6. The van der Waals surface area contributed by atoms with Crippen LogP contribution < -0.4 is 5.32 Å². The number of esters is 1. The van der Waals surface area contributed by atoms with Crippen LogP contribution in [-0.2, 0) is 4.74 Å². The predicted molar refractivity (Wildman–Crippen MR) is 88.8 cm³/mol. The van der Waals surface area contributed by atoms with Crippen molar-refractivity contribution in [3.8, 4) is 5.82 Å². The summed E-state index contributed by atoms with van der Waals surface area (Å²) in [4.78, 5) is 28.9. The first-order chi connectivity index (χ1) is 13.1. The van der Waals surface area contributed by atoms with E-state index in [4.69, 9.17) is 4.74 Å². The monoisotopic (exact) mass is 371 g/mol. The molecule has 9 nitrogen and oxygen atoms in total. The van der Waals surface area contributed by atoms with E-state index in [1.54, 1.807) is 24.5 Å². The number of nitrogens with one attached hydrogen (secondary N) is 1. The van der Waals surface area contributed by atoms with Gasteiger partial charge in [0.25, 0.3) is 11.9 Å². The number of carbonyl (C=O) groups excluding carboxylic acids is 2. The fourth-order valence-electron chi connectivity index (χ4n) is 2.33. The van der Waals surface area contributed by atoms with E-state index in [0.717, 1.165) is 18.9 Å². The van der Waals surface area contributed by atoms with Crippen LogP contribution in [0.2, 0.25) is 0 Å². The molecule has 4 rings (SSSR count). The summed E-state index contributed by atoms with van der Waals surface area (Å²) in [6.07, 6.45) is 5.29. The maximum Gasteiger partial charge on any atom is 0.341 e. The summed E-state index contributed by atoms with van der Waals surface area (Å²) in [6, 6.07) is 5.59. The van der Waals surface area contributed by atoms with E-state index in [2.05, 4.69) is 25.1 Å². The number of amides is 1. The maximum atomic E-state index is 13.0. The highest BCUT2D eigenvalue weighted by molar-refractivity contribution is 6.05. The van der Waals surface area contributed by atoms with Gasteiger partial charge >= 0.3 is 5.97 Å². The maximum absolute atomic E-state index is 13.0. The zero-order valence-corrected chi connectivity index (χ0v) is 14.0. The van der Waals surface area contributed by atoms with E-state index in [9.17, 15) is 14.0 Å². The second kappa shape index (κ2) is 6.98. The lowest BCUT2D eigenvalue weighted by Crippen LogP contribution is -2.18. The summed E-state index contributed by atoms with van der Waals surface area (Å²) >= 11 is 0. The van der Waals surface area contributed by atoms with Gasteiger partial charge in [-0.05, 0) is 42.1 Å². The third-order valence-corrected chi connectivity index (χ3v) is 3.92. The average molecular weight is 371 g/mol. The van der Waals surface area contributed by atoms with Crippen LogP contribution in [0.5, 0.6) is 0 Å². The predicted octanol–water partition coefficient (Wildman–Crippen LogP) is 2.21. The minimum atomic E-state index is -0.928. The fourth-order valence-corrected chi connectivity index (χ4v) is 2.33. The molecule has 10 heteroatoms. The van der Waals surface area contributed by atoms with Crippen LogP contribution in [-0.4, -0.2) is 38.4 Å². The van der Waals surface area contributed by atoms with Gasteiger partial charge in [-0.3, -0.25) is 4.79 Å². The van der Waals surface area contributed by atoms with Crippen molar-refractivity contribution < 1.29 is 23.2 Å². The number of aromatic nitrogens is 4. The van der Waals surface area contributed by atoms with Crippen molar-refractivity contribution in [1.29, 1.82) is 0 Å². The molecule has 0 aromatic carbocycles. The molecule has 0 radical (unpaired) electrons. The Labute approximate surface area is 152 Å². The third-order valence-electron chi connectivity index (χ3n) is 3.92. The van der Waals surface area contributed by atoms with E-state index in [-0.39, 0.29) is 17.1 Å². The fraction of sp³-hybridized carbons (Fsp3) is 0.235. The minimum absolute atomic E-state index is 0.0504. The highest BCUT2D eigenvalue weighted by Crippen LogP contribution is 2.29. The number of ether oxygens (including phenoxy) is 1. The second-order valence-corrected chi connectivity index (χ2v) is 6.03. The minimum Gasteiger partial charge on any atom is -0.462 e. The van der Waals surface area contributed by atoms with E-state index >= 15 is 0 Å². The Morgan fingerprint density at radius 3 is 2.89 bits per heavy atom. The third kappa shape index (κ3) is 3.84. The van der Waals surface area contributed by atoms with Gasteiger partial charge in [0.1, 0.15) is 11.4 Å². The van der Waals surface area contributed by atoms with Crippen molar-refractivity contribution in [2.75, 3.05) is 11.9 Å². The lowest BCUT2D eigenvalue weighted by atomic mass is 10.2. The zero-order valence-electron chi connectivity index (χ0n) is 14.0. The van der Waals surface area contributed by atoms with Crippen LogP contribution in [0.4, 0.5) is 10.2 Å². The Kier molecular flexibility index (Phi) is 4.37.